The van der Waals surface area contributed by atoms with Crippen LogP contribution < -0.4 is 21.1 Å². The first kappa shape index (κ1) is 22.7. The zero-order chi connectivity index (χ0) is 21.6. The molecule has 8 heteroatoms. The van der Waals surface area contributed by atoms with Crippen molar-refractivity contribution in [3.8, 4) is 5.75 Å². The second-order valence-corrected chi connectivity index (χ2v) is 6.62. The molecule has 0 fully saturated rings. The van der Waals surface area contributed by atoms with Crippen molar-refractivity contribution in [2.24, 2.45) is 5.73 Å². The number of nitrogens with two attached hydrogens (primary N) is 1. The molecule has 30 heavy (non-hydrogen) atoms. The molecule has 0 saturated carbocycles. The SMILES string of the molecule is NC(=O)CNC(=O)COc1ccc(CCCCNC(=O)OCc2ccccc2)cc1. The predicted octanol–water partition coefficient (Wildman–Crippen LogP) is 1.92. The molecule has 0 saturated heterocycles. The smallest absolute Gasteiger partial charge is 0.407 e. The third-order valence-corrected chi connectivity index (χ3v) is 4.13. The first-order valence-corrected chi connectivity index (χ1v) is 9.74. The Morgan fingerprint density at radius 1 is 0.867 bits per heavy atom. The fourth-order valence-corrected chi connectivity index (χ4v) is 2.56. The van der Waals surface area contributed by atoms with Gasteiger partial charge in [-0.25, -0.2) is 4.79 Å². The van der Waals surface area contributed by atoms with Crippen LogP contribution in [-0.2, 0) is 27.4 Å². The van der Waals surface area contributed by atoms with Crippen molar-refractivity contribution in [3.05, 3.63) is 65.7 Å². The topological polar surface area (TPSA) is 120 Å². The van der Waals surface area contributed by atoms with E-state index in [-0.39, 0.29) is 19.8 Å². The lowest BCUT2D eigenvalue weighted by Crippen LogP contribution is -2.36. The summed E-state index contributed by atoms with van der Waals surface area (Å²) in [6.45, 7) is 0.419. The van der Waals surface area contributed by atoms with E-state index >= 15 is 0 Å². The molecule has 8 nitrogen and oxygen atoms in total. The van der Waals surface area contributed by atoms with Crippen LogP contribution in [0.1, 0.15) is 24.0 Å². The molecule has 2 rings (SSSR count). The van der Waals surface area contributed by atoms with Crippen LogP contribution in [0.3, 0.4) is 0 Å². The van der Waals surface area contributed by atoms with Gasteiger partial charge in [0.25, 0.3) is 5.91 Å². The Bertz CT molecular complexity index is 809. The van der Waals surface area contributed by atoms with Crippen molar-refractivity contribution in [2.75, 3.05) is 19.7 Å². The molecule has 0 unspecified atom stereocenters. The summed E-state index contributed by atoms with van der Waals surface area (Å²) in [5.74, 6) is -0.449. The highest BCUT2D eigenvalue weighted by molar-refractivity contribution is 5.84. The first-order chi connectivity index (χ1) is 14.5. The number of aryl methyl sites for hydroxylation is 1. The summed E-state index contributed by atoms with van der Waals surface area (Å²) in [6.07, 6.45) is 2.19. The number of unbranched alkanes of at least 4 members (excludes halogenated alkanes) is 1. The molecule has 0 aliphatic rings. The molecule has 0 aliphatic carbocycles. The van der Waals surface area contributed by atoms with Crippen LogP contribution in [-0.4, -0.2) is 37.6 Å². The predicted molar refractivity (Wildman–Crippen MR) is 112 cm³/mol. The summed E-state index contributed by atoms with van der Waals surface area (Å²) in [7, 11) is 0. The van der Waals surface area contributed by atoms with E-state index in [1.54, 1.807) is 12.1 Å². The average Bonchev–Trinajstić information content (AvgIpc) is 2.76. The normalized spacial score (nSPS) is 10.1. The molecule has 0 bridgehead atoms. The number of carbonyl (C=O) groups excluding carboxylic acids is 3. The standard InChI is InChI=1S/C22H27N3O5/c23-20(26)14-25-21(27)16-29-19-11-9-17(10-12-19)6-4-5-13-24-22(28)30-15-18-7-2-1-3-8-18/h1-3,7-12H,4-6,13-16H2,(H2,23,26)(H,24,28)(H,25,27). The number of hydrogen-bond acceptors (Lipinski definition) is 5. The minimum absolute atomic E-state index is 0.182. The Labute approximate surface area is 175 Å². The highest BCUT2D eigenvalue weighted by Gasteiger charge is 2.05. The van der Waals surface area contributed by atoms with Crippen molar-refractivity contribution >= 4 is 17.9 Å². The van der Waals surface area contributed by atoms with Crippen LogP contribution in [0.5, 0.6) is 5.75 Å². The fraction of sp³-hybridized carbons (Fsp3) is 0.318. The maximum Gasteiger partial charge on any atom is 0.407 e. The van der Waals surface area contributed by atoms with E-state index in [9.17, 15) is 14.4 Å². The number of nitrogens with one attached hydrogen (secondary N) is 2. The maximum absolute atomic E-state index is 11.7. The first-order valence-electron chi connectivity index (χ1n) is 9.74. The van der Waals surface area contributed by atoms with Gasteiger partial charge in [-0.15, -0.1) is 0 Å². The zero-order valence-electron chi connectivity index (χ0n) is 16.8. The van der Waals surface area contributed by atoms with Crippen LogP contribution in [0.25, 0.3) is 0 Å². The van der Waals surface area contributed by atoms with Crippen LogP contribution in [0.2, 0.25) is 0 Å². The molecule has 4 N–H and O–H groups in total. The largest absolute Gasteiger partial charge is 0.484 e. The lowest BCUT2D eigenvalue weighted by Gasteiger charge is -2.08. The van der Waals surface area contributed by atoms with Crippen LogP contribution in [0.4, 0.5) is 4.79 Å². The molecule has 0 heterocycles. The highest BCUT2D eigenvalue weighted by Crippen LogP contribution is 2.13. The number of rotatable bonds is 12. The van der Waals surface area contributed by atoms with E-state index in [0.29, 0.717) is 12.3 Å². The lowest BCUT2D eigenvalue weighted by molar-refractivity contribution is -0.126. The number of benzene rings is 2. The molecule has 0 aromatic heterocycles. The second-order valence-electron chi connectivity index (χ2n) is 6.62. The third kappa shape index (κ3) is 9.59. The van der Waals surface area contributed by atoms with E-state index in [1.807, 2.05) is 42.5 Å². The molecule has 160 valence electrons. The van der Waals surface area contributed by atoms with E-state index in [4.69, 9.17) is 15.2 Å². The molecule has 0 atom stereocenters. The minimum Gasteiger partial charge on any atom is -0.484 e. The lowest BCUT2D eigenvalue weighted by atomic mass is 10.1. The van der Waals surface area contributed by atoms with E-state index < -0.39 is 17.9 Å². The molecule has 0 radical (unpaired) electrons. The number of alkyl carbamates (subject to hydrolysis) is 1. The highest BCUT2D eigenvalue weighted by atomic mass is 16.5. The van der Waals surface area contributed by atoms with E-state index in [2.05, 4.69) is 10.6 Å². The van der Waals surface area contributed by atoms with Crippen LogP contribution in [0, 0.1) is 0 Å². The van der Waals surface area contributed by atoms with Crippen molar-refractivity contribution in [2.45, 2.75) is 25.9 Å². The molecule has 3 amide bonds. The average molecular weight is 413 g/mol. The van der Waals surface area contributed by atoms with E-state index in [1.165, 1.54) is 0 Å². The fourth-order valence-electron chi connectivity index (χ4n) is 2.56. The Balaban J connectivity index is 1.55. The minimum atomic E-state index is -0.605. The van der Waals surface area contributed by atoms with E-state index in [0.717, 1.165) is 30.4 Å². The second kappa shape index (κ2) is 12.8. The Kier molecular flexibility index (Phi) is 9.72. The van der Waals surface area contributed by atoms with Gasteiger partial charge >= 0.3 is 6.09 Å². The van der Waals surface area contributed by atoms with Crippen LogP contribution >= 0.6 is 0 Å². The number of amides is 3. The Morgan fingerprint density at radius 2 is 1.60 bits per heavy atom. The summed E-state index contributed by atoms with van der Waals surface area (Å²) in [4.78, 5) is 33.7. The molecule has 2 aromatic carbocycles. The van der Waals surface area contributed by atoms with Gasteiger partial charge in [-0.3, -0.25) is 9.59 Å². The van der Waals surface area contributed by atoms with Crippen molar-refractivity contribution in [1.29, 1.82) is 0 Å². The third-order valence-electron chi connectivity index (χ3n) is 4.13. The summed E-state index contributed by atoms with van der Waals surface area (Å²) >= 11 is 0. The summed E-state index contributed by atoms with van der Waals surface area (Å²) in [5, 5.41) is 5.10. The van der Waals surface area contributed by atoms with Gasteiger partial charge in [0.2, 0.25) is 5.91 Å². The van der Waals surface area contributed by atoms with Gasteiger partial charge in [0, 0.05) is 6.54 Å². The number of primary amides is 1. The van der Waals surface area contributed by atoms with Gasteiger partial charge in [0.1, 0.15) is 12.4 Å². The summed E-state index contributed by atoms with van der Waals surface area (Å²) in [5.41, 5.74) is 7.03. The zero-order valence-corrected chi connectivity index (χ0v) is 16.8. The van der Waals surface area contributed by atoms with Crippen LogP contribution in [0.15, 0.2) is 54.6 Å². The van der Waals surface area contributed by atoms with Gasteiger partial charge in [0.05, 0.1) is 6.54 Å². The van der Waals surface area contributed by atoms with Gasteiger partial charge in [-0.05, 0) is 42.5 Å². The molecule has 2 aromatic rings. The number of hydrogen-bond donors (Lipinski definition) is 3. The van der Waals surface area contributed by atoms with Gasteiger partial charge in [0.15, 0.2) is 6.61 Å². The maximum atomic E-state index is 11.7. The summed E-state index contributed by atoms with van der Waals surface area (Å²) in [6, 6.07) is 17.0. The van der Waals surface area contributed by atoms with Crippen molar-refractivity contribution < 1.29 is 23.9 Å². The number of carbonyl (C=O) groups is 3. The summed E-state index contributed by atoms with van der Waals surface area (Å²) < 4.78 is 10.5. The molecule has 0 spiro atoms. The van der Waals surface area contributed by atoms with Crippen molar-refractivity contribution in [1.82, 2.24) is 10.6 Å². The molecular weight excluding hydrogens is 386 g/mol. The molecule has 0 aliphatic heterocycles. The monoisotopic (exact) mass is 413 g/mol. The Hall–Kier alpha value is -3.55. The van der Waals surface area contributed by atoms with Gasteiger partial charge in [-0.2, -0.15) is 0 Å². The number of ether oxygens (including phenoxy) is 2. The Morgan fingerprint density at radius 3 is 2.30 bits per heavy atom. The quantitative estimate of drug-likeness (QED) is 0.459. The van der Waals surface area contributed by atoms with Gasteiger partial charge < -0.3 is 25.8 Å². The van der Waals surface area contributed by atoms with Crippen molar-refractivity contribution in [3.63, 3.8) is 0 Å². The molecular formula is C22H27N3O5. The van der Waals surface area contributed by atoms with Gasteiger partial charge in [-0.1, -0.05) is 42.5 Å².